The highest BCUT2D eigenvalue weighted by atomic mass is 16.6. The van der Waals surface area contributed by atoms with Crippen molar-refractivity contribution in [3.05, 3.63) is 36.0 Å². The highest BCUT2D eigenvalue weighted by Gasteiger charge is 2.39. The van der Waals surface area contributed by atoms with Crippen LogP contribution in [0.4, 0.5) is 4.79 Å². The fourth-order valence-corrected chi connectivity index (χ4v) is 4.25. The summed E-state index contributed by atoms with van der Waals surface area (Å²) in [5, 5.41) is 3.68. The first-order valence-electron chi connectivity index (χ1n) is 11.8. The van der Waals surface area contributed by atoms with Crippen LogP contribution in [0.2, 0.25) is 0 Å². The van der Waals surface area contributed by atoms with E-state index >= 15 is 0 Å². The number of hydrogen-bond acceptors (Lipinski definition) is 5. The predicted molar refractivity (Wildman–Crippen MR) is 127 cm³/mol. The van der Waals surface area contributed by atoms with Crippen LogP contribution < -0.4 is 5.32 Å². The van der Waals surface area contributed by atoms with Crippen molar-refractivity contribution >= 4 is 28.8 Å². The molecule has 1 aromatic carbocycles. The molecule has 2 aromatic rings. The second kappa shape index (κ2) is 9.66. The number of benzene rings is 1. The topological polar surface area (TPSA) is 93.1 Å². The number of morpholine rings is 1. The van der Waals surface area contributed by atoms with Gasteiger partial charge >= 0.3 is 6.09 Å². The van der Waals surface area contributed by atoms with E-state index in [1.165, 1.54) is 0 Å². The molecule has 1 aliphatic heterocycles. The summed E-state index contributed by atoms with van der Waals surface area (Å²) in [7, 11) is 1.62. The van der Waals surface area contributed by atoms with E-state index in [0.29, 0.717) is 19.7 Å². The van der Waals surface area contributed by atoms with Crippen LogP contribution in [-0.4, -0.2) is 76.8 Å². The number of carbonyl (C=O) groups is 3. The Kier molecular flexibility index (Phi) is 6.84. The summed E-state index contributed by atoms with van der Waals surface area (Å²) in [6.07, 6.45) is 2.71. The number of carbonyl (C=O) groups excluding carboxylic acids is 3. The Balaban J connectivity index is 1.52. The van der Waals surface area contributed by atoms with Crippen LogP contribution in [0.3, 0.4) is 0 Å². The molecular formula is C25H34N4O5. The van der Waals surface area contributed by atoms with Gasteiger partial charge in [0.15, 0.2) is 6.10 Å². The summed E-state index contributed by atoms with van der Waals surface area (Å²) in [5.74, 6) is -0.195. The van der Waals surface area contributed by atoms with Gasteiger partial charge in [0.05, 0.1) is 13.2 Å². The molecule has 1 aliphatic carbocycles. The Morgan fingerprint density at radius 3 is 2.62 bits per heavy atom. The van der Waals surface area contributed by atoms with Crippen molar-refractivity contribution in [3.63, 3.8) is 0 Å². The number of rotatable bonds is 6. The SMILES string of the molecule is CNC(=O)Cn1cc(CN(C(=O)C2CN(C(=O)OC(C)(C)C)CCO2)C2CC2)c2ccccc21. The van der Waals surface area contributed by atoms with Crippen molar-refractivity contribution in [1.82, 2.24) is 19.7 Å². The van der Waals surface area contributed by atoms with E-state index in [1.807, 2.05) is 60.7 Å². The second-order valence-electron chi connectivity index (χ2n) is 9.96. The zero-order valence-corrected chi connectivity index (χ0v) is 20.4. The van der Waals surface area contributed by atoms with Gasteiger partial charge in [-0.1, -0.05) is 18.2 Å². The van der Waals surface area contributed by atoms with Crippen molar-refractivity contribution in [2.45, 2.75) is 64.4 Å². The maximum Gasteiger partial charge on any atom is 0.410 e. The van der Waals surface area contributed by atoms with Gasteiger partial charge in [0.2, 0.25) is 5.91 Å². The molecule has 3 amide bonds. The van der Waals surface area contributed by atoms with Gasteiger partial charge in [-0.15, -0.1) is 0 Å². The van der Waals surface area contributed by atoms with E-state index in [9.17, 15) is 14.4 Å². The Morgan fingerprint density at radius 2 is 1.94 bits per heavy atom. The number of amides is 3. The number of hydrogen-bond donors (Lipinski definition) is 1. The predicted octanol–water partition coefficient (Wildman–Crippen LogP) is 2.51. The number of nitrogens with zero attached hydrogens (tertiary/aromatic N) is 3. The van der Waals surface area contributed by atoms with Gasteiger partial charge < -0.3 is 29.2 Å². The second-order valence-corrected chi connectivity index (χ2v) is 9.96. The summed E-state index contributed by atoms with van der Waals surface area (Å²) in [6.45, 7) is 6.97. The minimum absolute atomic E-state index is 0.0831. The summed E-state index contributed by atoms with van der Waals surface area (Å²) >= 11 is 0. The average molecular weight is 471 g/mol. The highest BCUT2D eigenvalue weighted by Crippen LogP contribution is 2.32. The minimum atomic E-state index is -0.721. The largest absolute Gasteiger partial charge is 0.444 e. The molecule has 184 valence electrons. The van der Waals surface area contributed by atoms with Gasteiger partial charge in [-0.25, -0.2) is 4.79 Å². The monoisotopic (exact) mass is 470 g/mol. The van der Waals surface area contributed by atoms with Gasteiger partial charge in [-0.3, -0.25) is 9.59 Å². The standard InChI is InChI=1S/C25H34N4O5/c1-25(2,3)34-24(32)27-11-12-33-21(15-27)23(31)29(18-9-10-18)14-17-13-28(16-22(30)26-4)20-8-6-5-7-19(17)20/h5-8,13,18,21H,9-12,14-16H2,1-4H3,(H,26,30). The lowest BCUT2D eigenvalue weighted by atomic mass is 10.1. The summed E-state index contributed by atoms with van der Waals surface area (Å²) < 4.78 is 13.2. The van der Waals surface area contributed by atoms with Gasteiger partial charge in [-0.2, -0.15) is 0 Å². The van der Waals surface area contributed by atoms with E-state index in [2.05, 4.69) is 5.32 Å². The van der Waals surface area contributed by atoms with Crippen LogP contribution >= 0.6 is 0 Å². The molecule has 1 atom stereocenters. The molecule has 1 saturated heterocycles. The molecule has 1 saturated carbocycles. The smallest absolute Gasteiger partial charge is 0.410 e. The Bertz CT molecular complexity index is 1070. The Hall–Kier alpha value is -3.07. The van der Waals surface area contributed by atoms with E-state index in [0.717, 1.165) is 29.3 Å². The molecule has 2 heterocycles. The van der Waals surface area contributed by atoms with Crippen LogP contribution in [0.15, 0.2) is 30.5 Å². The first-order valence-corrected chi connectivity index (χ1v) is 11.8. The molecule has 9 heteroatoms. The van der Waals surface area contributed by atoms with E-state index < -0.39 is 17.8 Å². The molecule has 9 nitrogen and oxygen atoms in total. The Labute approximate surface area is 200 Å². The van der Waals surface area contributed by atoms with Crippen molar-refractivity contribution in [2.75, 3.05) is 26.7 Å². The lowest BCUT2D eigenvalue weighted by molar-refractivity contribution is -0.150. The molecule has 1 unspecified atom stereocenters. The van der Waals surface area contributed by atoms with Gasteiger partial charge in [0.25, 0.3) is 5.91 Å². The van der Waals surface area contributed by atoms with Crippen molar-refractivity contribution < 1.29 is 23.9 Å². The number of fused-ring (bicyclic) bond motifs is 1. The van der Waals surface area contributed by atoms with Crippen molar-refractivity contribution in [1.29, 1.82) is 0 Å². The lowest BCUT2D eigenvalue weighted by Crippen LogP contribution is -2.53. The van der Waals surface area contributed by atoms with E-state index in [-0.39, 0.29) is 30.9 Å². The van der Waals surface area contributed by atoms with Crippen LogP contribution in [0.25, 0.3) is 10.9 Å². The molecule has 0 spiro atoms. The van der Waals surface area contributed by atoms with E-state index in [4.69, 9.17) is 9.47 Å². The summed E-state index contributed by atoms with van der Waals surface area (Å²) in [5.41, 5.74) is 1.34. The molecule has 2 fully saturated rings. The third-order valence-electron chi connectivity index (χ3n) is 6.07. The maximum atomic E-state index is 13.6. The van der Waals surface area contributed by atoms with Gasteiger partial charge in [0.1, 0.15) is 12.1 Å². The van der Waals surface area contributed by atoms with Crippen LogP contribution in [0.5, 0.6) is 0 Å². The van der Waals surface area contributed by atoms with Crippen molar-refractivity contribution in [2.24, 2.45) is 0 Å². The van der Waals surface area contributed by atoms with Gasteiger partial charge in [-0.05, 0) is 45.2 Å². The van der Waals surface area contributed by atoms with E-state index in [1.54, 1.807) is 11.9 Å². The summed E-state index contributed by atoms with van der Waals surface area (Å²) in [6, 6.07) is 8.06. The first-order chi connectivity index (χ1) is 16.2. The number of aromatic nitrogens is 1. The highest BCUT2D eigenvalue weighted by molar-refractivity contribution is 5.87. The molecule has 1 aromatic heterocycles. The molecule has 2 aliphatic rings. The quantitative estimate of drug-likeness (QED) is 0.700. The third-order valence-corrected chi connectivity index (χ3v) is 6.07. The lowest BCUT2D eigenvalue weighted by Gasteiger charge is -2.35. The molecule has 0 bridgehead atoms. The first kappa shape index (κ1) is 24.1. The number of ether oxygens (including phenoxy) is 2. The zero-order chi connectivity index (χ0) is 24.5. The third kappa shape index (κ3) is 5.52. The molecule has 4 rings (SSSR count). The normalized spacial score (nSPS) is 18.6. The van der Waals surface area contributed by atoms with Crippen LogP contribution in [-0.2, 0) is 32.2 Å². The van der Waals surface area contributed by atoms with Gasteiger partial charge in [0, 0.05) is 43.3 Å². The number of likely N-dealkylation sites (N-methyl/N-ethyl adjacent to an activating group) is 1. The van der Waals surface area contributed by atoms with Crippen LogP contribution in [0, 0.1) is 0 Å². The number of para-hydroxylation sites is 1. The van der Waals surface area contributed by atoms with Crippen molar-refractivity contribution in [3.8, 4) is 0 Å². The average Bonchev–Trinajstić information content (AvgIpc) is 3.59. The van der Waals surface area contributed by atoms with Crippen LogP contribution in [0.1, 0.15) is 39.2 Å². The molecule has 34 heavy (non-hydrogen) atoms. The zero-order valence-electron chi connectivity index (χ0n) is 20.4. The fourth-order valence-electron chi connectivity index (χ4n) is 4.25. The maximum absolute atomic E-state index is 13.6. The summed E-state index contributed by atoms with van der Waals surface area (Å²) in [4.78, 5) is 41.5. The molecular weight excluding hydrogens is 436 g/mol. The molecule has 0 radical (unpaired) electrons. The minimum Gasteiger partial charge on any atom is -0.444 e. The number of nitrogens with one attached hydrogen (secondary N) is 1. The fraction of sp³-hybridized carbons (Fsp3) is 0.560. The molecule has 1 N–H and O–H groups in total. The Morgan fingerprint density at radius 1 is 1.21 bits per heavy atom.